The zero-order valence-corrected chi connectivity index (χ0v) is 11.2. The number of aromatic nitrogens is 1. The highest BCUT2D eigenvalue weighted by Crippen LogP contribution is 2.25. The maximum absolute atomic E-state index is 12.2. The molecule has 1 heterocycles. The normalized spacial score (nSPS) is 10.6. The Morgan fingerprint density at radius 3 is 2.50 bits per heavy atom. The van der Waals surface area contributed by atoms with E-state index in [1.165, 1.54) is 11.1 Å². The average molecular weight is 241 g/mol. The summed E-state index contributed by atoms with van der Waals surface area (Å²) in [5.41, 5.74) is 4.51. The molecule has 2 aromatic rings. The number of aryl methyl sites for hydroxylation is 2. The molecule has 2 heteroatoms. The van der Waals surface area contributed by atoms with Crippen LogP contribution in [0.15, 0.2) is 41.3 Å². The Hall–Kier alpha value is -1.83. The quantitative estimate of drug-likeness (QED) is 0.808. The number of hydrogen-bond donors (Lipinski definition) is 0. The summed E-state index contributed by atoms with van der Waals surface area (Å²) in [5, 5.41) is 0. The van der Waals surface area contributed by atoms with Gasteiger partial charge in [0, 0.05) is 18.8 Å². The van der Waals surface area contributed by atoms with Crippen LogP contribution in [0, 0.1) is 6.92 Å². The summed E-state index contributed by atoms with van der Waals surface area (Å²) in [4.78, 5) is 12.2. The van der Waals surface area contributed by atoms with Crippen molar-refractivity contribution in [1.29, 1.82) is 0 Å². The van der Waals surface area contributed by atoms with E-state index in [1.54, 1.807) is 4.57 Å². The second kappa shape index (κ2) is 5.21. The van der Waals surface area contributed by atoms with Crippen molar-refractivity contribution in [2.75, 3.05) is 0 Å². The Morgan fingerprint density at radius 1 is 1.11 bits per heavy atom. The summed E-state index contributed by atoms with van der Waals surface area (Å²) in [5.74, 6) is 0. The monoisotopic (exact) mass is 241 g/mol. The number of rotatable bonds is 3. The van der Waals surface area contributed by atoms with Crippen molar-refractivity contribution >= 4 is 0 Å². The molecule has 0 amide bonds. The van der Waals surface area contributed by atoms with Crippen LogP contribution < -0.4 is 5.56 Å². The fourth-order valence-electron chi connectivity index (χ4n) is 2.30. The van der Waals surface area contributed by atoms with Crippen LogP contribution in [0.25, 0.3) is 11.1 Å². The van der Waals surface area contributed by atoms with E-state index in [0.717, 1.165) is 24.0 Å². The van der Waals surface area contributed by atoms with Crippen molar-refractivity contribution in [1.82, 2.24) is 4.57 Å². The minimum atomic E-state index is 0.123. The van der Waals surface area contributed by atoms with Crippen LogP contribution in [0.1, 0.15) is 24.5 Å². The predicted molar refractivity (Wildman–Crippen MR) is 75.9 cm³/mol. The molecule has 0 radical (unpaired) electrons. The second-order valence-electron chi connectivity index (χ2n) is 4.69. The Labute approximate surface area is 108 Å². The molecular weight excluding hydrogens is 222 g/mol. The van der Waals surface area contributed by atoms with Crippen LogP contribution in [-0.2, 0) is 13.5 Å². The number of nitrogens with zero attached hydrogens (tertiary/aromatic N) is 1. The van der Waals surface area contributed by atoms with Crippen molar-refractivity contribution < 1.29 is 0 Å². The maximum Gasteiger partial charge on any atom is 0.254 e. The highest BCUT2D eigenvalue weighted by atomic mass is 16.1. The fourth-order valence-corrected chi connectivity index (χ4v) is 2.30. The van der Waals surface area contributed by atoms with Crippen molar-refractivity contribution in [3.63, 3.8) is 0 Å². The first-order valence-corrected chi connectivity index (χ1v) is 6.39. The van der Waals surface area contributed by atoms with Gasteiger partial charge < -0.3 is 4.57 Å². The van der Waals surface area contributed by atoms with E-state index in [2.05, 4.69) is 32.0 Å². The first kappa shape index (κ1) is 12.6. The molecule has 0 aliphatic carbocycles. The topological polar surface area (TPSA) is 22.0 Å². The zero-order valence-electron chi connectivity index (χ0n) is 11.2. The number of hydrogen-bond acceptors (Lipinski definition) is 1. The summed E-state index contributed by atoms with van der Waals surface area (Å²) in [7, 11) is 1.81. The van der Waals surface area contributed by atoms with Crippen LogP contribution in [-0.4, -0.2) is 4.57 Å². The molecular formula is C16H19NO. The molecule has 0 aliphatic heterocycles. The van der Waals surface area contributed by atoms with Gasteiger partial charge >= 0.3 is 0 Å². The standard InChI is InChI=1S/C16H19NO/c1-4-7-15-14(10-11-17(3)16(15)18)13-9-6-5-8-12(13)2/h5-6,8-11H,4,7H2,1-3H3. The molecule has 1 aromatic heterocycles. The van der Waals surface area contributed by atoms with Crippen LogP contribution in [0.5, 0.6) is 0 Å². The molecule has 0 saturated heterocycles. The van der Waals surface area contributed by atoms with E-state index in [9.17, 15) is 4.79 Å². The Morgan fingerprint density at radius 2 is 1.83 bits per heavy atom. The third-order valence-electron chi connectivity index (χ3n) is 3.30. The van der Waals surface area contributed by atoms with E-state index in [-0.39, 0.29) is 5.56 Å². The van der Waals surface area contributed by atoms with E-state index in [1.807, 2.05) is 25.4 Å². The van der Waals surface area contributed by atoms with Gasteiger partial charge in [-0.25, -0.2) is 0 Å². The first-order chi connectivity index (χ1) is 8.65. The van der Waals surface area contributed by atoms with Gasteiger partial charge in [-0.2, -0.15) is 0 Å². The van der Waals surface area contributed by atoms with Gasteiger partial charge in [0.1, 0.15) is 0 Å². The van der Waals surface area contributed by atoms with Gasteiger partial charge in [0.25, 0.3) is 5.56 Å². The molecule has 0 N–H and O–H groups in total. The number of benzene rings is 1. The molecule has 0 aliphatic rings. The number of pyridine rings is 1. The summed E-state index contributed by atoms with van der Waals surface area (Å²) in [6.45, 7) is 4.19. The zero-order chi connectivity index (χ0) is 13.1. The van der Waals surface area contributed by atoms with Crippen LogP contribution >= 0.6 is 0 Å². The Kier molecular flexibility index (Phi) is 3.66. The average Bonchev–Trinajstić information content (AvgIpc) is 2.37. The minimum absolute atomic E-state index is 0.123. The third-order valence-corrected chi connectivity index (χ3v) is 3.30. The molecule has 0 unspecified atom stereocenters. The van der Waals surface area contributed by atoms with Gasteiger partial charge in [0.2, 0.25) is 0 Å². The van der Waals surface area contributed by atoms with Gasteiger partial charge in [0.15, 0.2) is 0 Å². The highest BCUT2D eigenvalue weighted by molar-refractivity contribution is 5.69. The van der Waals surface area contributed by atoms with Gasteiger partial charge in [-0.15, -0.1) is 0 Å². The lowest BCUT2D eigenvalue weighted by Crippen LogP contribution is -2.21. The molecule has 0 fully saturated rings. The molecule has 18 heavy (non-hydrogen) atoms. The van der Waals surface area contributed by atoms with Crippen molar-refractivity contribution in [2.24, 2.45) is 7.05 Å². The van der Waals surface area contributed by atoms with E-state index in [0.29, 0.717) is 0 Å². The SMILES string of the molecule is CCCc1c(-c2ccccc2C)ccn(C)c1=O. The van der Waals surface area contributed by atoms with E-state index >= 15 is 0 Å². The maximum atomic E-state index is 12.2. The van der Waals surface area contributed by atoms with Crippen LogP contribution in [0.4, 0.5) is 0 Å². The van der Waals surface area contributed by atoms with Crippen molar-refractivity contribution in [3.05, 3.63) is 58.0 Å². The minimum Gasteiger partial charge on any atom is -0.318 e. The third kappa shape index (κ3) is 2.23. The van der Waals surface area contributed by atoms with Gasteiger partial charge in [-0.3, -0.25) is 4.79 Å². The van der Waals surface area contributed by atoms with Gasteiger partial charge in [-0.05, 0) is 36.1 Å². The predicted octanol–water partition coefficient (Wildman–Crippen LogP) is 3.31. The molecule has 2 nitrogen and oxygen atoms in total. The smallest absolute Gasteiger partial charge is 0.254 e. The fraction of sp³-hybridized carbons (Fsp3) is 0.312. The molecule has 0 saturated carbocycles. The lowest BCUT2D eigenvalue weighted by Gasteiger charge is -2.12. The Balaban J connectivity index is 2.68. The first-order valence-electron chi connectivity index (χ1n) is 6.39. The largest absolute Gasteiger partial charge is 0.318 e. The van der Waals surface area contributed by atoms with Crippen molar-refractivity contribution in [2.45, 2.75) is 26.7 Å². The van der Waals surface area contributed by atoms with Gasteiger partial charge in [0.05, 0.1) is 0 Å². The summed E-state index contributed by atoms with van der Waals surface area (Å²) >= 11 is 0. The molecule has 2 rings (SSSR count). The van der Waals surface area contributed by atoms with Crippen molar-refractivity contribution in [3.8, 4) is 11.1 Å². The van der Waals surface area contributed by atoms with E-state index in [4.69, 9.17) is 0 Å². The summed E-state index contributed by atoms with van der Waals surface area (Å²) in [6, 6.07) is 10.3. The summed E-state index contributed by atoms with van der Waals surface area (Å²) < 4.78 is 1.66. The lowest BCUT2D eigenvalue weighted by atomic mass is 9.95. The lowest BCUT2D eigenvalue weighted by molar-refractivity contribution is 0.813. The van der Waals surface area contributed by atoms with Crippen LogP contribution in [0.3, 0.4) is 0 Å². The highest BCUT2D eigenvalue weighted by Gasteiger charge is 2.11. The van der Waals surface area contributed by atoms with Gasteiger partial charge in [-0.1, -0.05) is 37.6 Å². The Bertz CT molecular complexity index is 611. The molecule has 0 spiro atoms. The van der Waals surface area contributed by atoms with Crippen LogP contribution in [0.2, 0.25) is 0 Å². The second-order valence-corrected chi connectivity index (χ2v) is 4.69. The van der Waals surface area contributed by atoms with E-state index < -0.39 is 0 Å². The molecule has 1 aromatic carbocycles. The molecule has 0 atom stereocenters. The molecule has 94 valence electrons. The molecule has 0 bridgehead atoms. The summed E-state index contributed by atoms with van der Waals surface area (Å²) in [6.07, 6.45) is 3.67.